The lowest BCUT2D eigenvalue weighted by molar-refractivity contribution is -0.139. The predicted molar refractivity (Wildman–Crippen MR) is 118 cm³/mol. The van der Waals surface area contributed by atoms with Gasteiger partial charge in [-0.3, -0.25) is 9.59 Å². The Morgan fingerprint density at radius 2 is 2.03 bits per heavy atom. The molecule has 30 heavy (non-hydrogen) atoms. The number of thiophene rings is 1. The first kappa shape index (κ1) is 20.2. The van der Waals surface area contributed by atoms with Crippen molar-refractivity contribution in [2.24, 2.45) is 5.92 Å². The highest BCUT2D eigenvalue weighted by molar-refractivity contribution is 7.18. The minimum atomic E-state index is 0.00747. The summed E-state index contributed by atoms with van der Waals surface area (Å²) in [6.45, 7) is 1.47. The van der Waals surface area contributed by atoms with E-state index in [0.29, 0.717) is 6.54 Å². The van der Waals surface area contributed by atoms with E-state index in [2.05, 4.69) is 4.98 Å². The molecule has 0 unspecified atom stereocenters. The first-order valence-corrected chi connectivity index (χ1v) is 12.3. The van der Waals surface area contributed by atoms with Crippen LogP contribution in [0, 0.1) is 5.92 Å². The number of aryl methyl sites for hydroxylation is 2. The molecule has 1 aliphatic heterocycles. The van der Waals surface area contributed by atoms with E-state index >= 15 is 0 Å². The second kappa shape index (κ2) is 8.42. The van der Waals surface area contributed by atoms with Gasteiger partial charge >= 0.3 is 0 Å². The summed E-state index contributed by atoms with van der Waals surface area (Å²) in [5.74, 6) is 1.21. The topological polar surface area (TPSA) is 75.3 Å². The molecule has 1 saturated heterocycles. The quantitative estimate of drug-likeness (QED) is 0.806. The van der Waals surface area contributed by atoms with Gasteiger partial charge in [-0.05, 0) is 63.4 Å². The summed E-state index contributed by atoms with van der Waals surface area (Å²) in [6.07, 6.45) is 10.5. The zero-order valence-electron chi connectivity index (χ0n) is 17.7. The van der Waals surface area contributed by atoms with Crippen molar-refractivity contribution in [1.29, 1.82) is 0 Å². The number of nitrogens with one attached hydrogen (secondary N) is 1. The molecule has 1 saturated carbocycles. The maximum Gasteiger partial charge on any atom is 0.259 e. The number of aromatic nitrogens is 2. The summed E-state index contributed by atoms with van der Waals surface area (Å²) in [4.78, 5) is 38.3. The molecule has 2 aromatic heterocycles. The largest absolute Gasteiger partial charge is 0.381 e. The average molecular weight is 430 g/mol. The fraction of sp³-hybridized carbons (Fsp3) is 0.696. The second-order valence-electron chi connectivity index (χ2n) is 9.19. The third kappa shape index (κ3) is 3.71. The Morgan fingerprint density at radius 1 is 1.17 bits per heavy atom. The summed E-state index contributed by atoms with van der Waals surface area (Å²) in [6, 6.07) is 0. The van der Waals surface area contributed by atoms with Crippen LogP contribution in [0.5, 0.6) is 0 Å². The number of fused-ring (bicyclic) bond motifs is 3. The number of rotatable bonds is 3. The van der Waals surface area contributed by atoms with E-state index in [1.807, 2.05) is 4.90 Å². The number of ether oxygens (including phenoxy) is 1. The number of likely N-dealkylation sites (tertiary alicyclic amines) is 1. The van der Waals surface area contributed by atoms with Crippen molar-refractivity contribution in [2.45, 2.75) is 76.2 Å². The normalized spacial score (nSPS) is 27.2. The van der Waals surface area contributed by atoms with Gasteiger partial charge < -0.3 is 14.6 Å². The zero-order valence-corrected chi connectivity index (χ0v) is 18.6. The number of hydrogen-bond acceptors (Lipinski definition) is 5. The van der Waals surface area contributed by atoms with E-state index < -0.39 is 0 Å². The van der Waals surface area contributed by atoms with Crippen molar-refractivity contribution in [2.75, 3.05) is 20.2 Å². The number of piperidine rings is 1. The van der Waals surface area contributed by atoms with Gasteiger partial charge in [0.1, 0.15) is 10.7 Å². The zero-order chi connectivity index (χ0) is 20.7. The monoisotopic (exact) mass is 429 g/mol. The molecule has 0 bridgehead atoms. The number of carbonyl (C=O) groups is 1. The Kier molecular flexibility index (Phi) is 5.67. The molecule has 2 aromatic rings. The number of carbonyl (C=O) groups excluding carboxylic acids is 1. The SMILES string of the molecule is CO[C@@H]1CCC[C@H](C(=O)N2CCC[C@@H](c3nc4sc5c(c4c(=O)[nH]3)CCCC5)C2)C1. The third-order valence-electron chi connectivity index (χ3n) is 7.27. The molecule has 1 amide bonds. The fourth-order valence-corrected chi connectivity index (χ4v) is 6.89. The van der Waals surface area contributed by atoms with Gasteiger partial charge in [0.15, 0.2) is 0 Å². The van der Waals surface area contributed by atoms with Crippen LogP contribution in [0.15, 0.2) is 4.79 Å². The van der Waals surface area contributed by atoms with E-state index in [1.54, 1.807) is 18.4 Å². The van der Waals surface area contributed by atoms with Crippen molar-refractivity contribution < 1.29 is 9.53 Å². The van der Waals surface area contributed by atoms with Crippen molar-refractivity contribution in [1.82, 2.24) is 14.9 Å². The Balaban J connectivity index is 1.36. The lowest BCUT2D eigenvalue weighted by Gasteiger charge is -2.36. The van der Waals surface area contributed by atoms with Crippen LogP contribution < -0.4 is 5.56 Å². The highest BCUT2D eigenvalue weighted by Gasteiger charge is 2.34. The molecule has 0 aromatic carbocycles. The summed E-state index contributed by atoms with van der Waals surface area (Å²) in [5, 5.41) is 0.815. The first-order valence-electron chi connectivity index (χ1n) is 11.5. The van der Waals surface area contributed by atoms with Crippen LogP contribution in [0.2, 0.25) is 0 Å². The molecular formula is C23H31N3O3S. The third-order valence-corrected chi connectivity index (χ3v) is 8.46. The van der Waals surface area contributed by atoms with Crippen molar-refractivity contribution >= 4 is 27.5 Å². The lowest BCUT2D eigenvalue weighted by Crippen LogP contribution is -2.44. The number of nitrogens with zero attached hydrogens (tertiary/aromatic N) is 2. The standard InChI is InChI=1S/C23H31N3O3S/c1-29-16-8-4-6-14(12-16)23(28)26-11-5-7-15(13-26)20-24-21(27)19-17-9-2-3-10-18(17)30-22(19)25-20/h14-16H,2-13H2,1H3,(H,24,25,27)/t14-,15+,16+/m0/s1. The van der Waals surface area contributed by atoms with Gasteiger partial charge in [-0.15, -0.1) is 11.3 Å². The fourth-order valence-electron chi connectivity index (χ4n) is 5.62. The Hall–Kier alpha value is -1.73. The molecule has 2 aliphatic carbocycles. The van der Waals surface area contributed by atoms with E-state index in [1.165, 1.54) is 16.9 Å². The molecule has 3 atom stereocenters. The Bertz CT molecular complexity index is 997. The lowest BCUT2D eigenvalue weighted by atomic mass is 9.85. The highest BCUT2D eigenvalue weighted by atomic mass is 32.1. The van der Waals surface area contributed by atoms with Gasteiger partial charge in [0.2, 0.25) is 5.91 Å². The van der Waals surface area contributed by atoms with Crippen LogP contribution in [0.4, 0.5) is 0 Å². The smallest absolute Gasteiger partial charge is 0.259 e. The van der Waals surface area contributed by atoms with Gasteiger partial charge in [-0.2, -0.15) is 0 Å². The molecule has 7 heteroatoms. The van der Waals surface area contributed by atoms with Crippen LogP contribution in [-0.2, 0) is 22.4 Å². The number of hydrogen-bond donors (Lipinski definition) is 1. The maximum atomic E-state index is 13.2. The Morgan fingerprint density at radius 3 is 2.90 bits per heavy atom. The van der Waals surface area contributed by atoms with E-state index in [9.17, 15) is 9.59 Å². The Labute approximate surface area is 181 Å². The first-order chi connectivity index (χ1) is 14.6. The van der Waals surface area contributed by atoms with Gasteiger partial charge in [0.25, 0.3) is 5.56 Å². The van der Waals surface area contributed by atoms with Crippen LogP contribution in [0.3, 0.4) is 0 Å². The minimum absolute atomic E-state index is 0.00747. The highest BCUT2D eigenvalue weighted by Crippen LogP contribution is 2.35. The molecule has 6 nitrogen and oxygen atoms in total. The summed E-state index contributed by atoms with van der Waals surface area (Å²) in [5.41, 5.74) is 1.24. The molecule has 1 N–H and O–H groups in total. The van der Waals surface area contributed by atoms with Crippen LogP contribution >= 0.6 is 11.3 Å². The molecule has 3 aliphatic rings. The summed E-state index contributed by atoms with van der Waals surface area (Å²) in [7, 11) is 1.75. The maximum absolute atomic E-state index is 13.2. The summed E-state index contributed by atoms with van der Waals surface area (Å²) < 4.78 is 5.52. The molecule has 5 rings (SSSR count). The van der Waals surface area contributed by atoms with Gasteiger partial charge in [-0.1, -0.05) is 6.42 Å². The predicted octanol–water partition coefficient (Wildman–Crippen LogP) is 3.77. The average Bonchev–Trinajstić information content (AvgIpc) is 3.17. The van der Waals surface area contributed by atoms with Gasteiger partial charge in [0, 0.05) is 36.9 Å². The molecule has 3 heterocycles. The molecule has 162 valence electrons. The molecule has 2 fully saturated rings. The van der Waals surface area contributed by atoms with Crippen molar-refractivity contribution in [3.63, 3.8) is 0 Å². The van der Waals surface area contributed by atoms with E-state index in [4.69, 9.17) is 9.72 Å². The number of aromatic amines is 1. The van der Waals surface area contributed by atoms with Crippen molar-refractivity contribution in [3.8, 4) is 0 Å². The number of H-pyrrole nitrogens is 1. The number of methoxy groups -OCH3 is 1. The van der Waals surface area contributed by atoms with Crippen LogP contribution in [0.25, 0.3) is 10.2 Å². The van der Waals surface area contributed by atoms with Gasteiger partial charge in [-0.25, -0.2) is 4.98 Å². The minimum Gasteiger partial charge on any atom is -0.381 e. The van der Waals surface area contributed by atoms with Crippen molar-refractivity contribution in [3.05, 3.63) is 26.6 Å². The molecule has 0 spiro atoms. The van der Waals surface area contributed by atoms with E-state index in [0.717, 1.165) is 80.4 Å². The summed E-state index contributed by atoms with van der Waals surface area (Å²) >= 11 is 1.70. The molecular weight excluding hydrogens is 398 g/mol. The van der Waals surface area contributed by atoms with Gasteiger partial charge in [0.05, 0.1) is 11.5 Å². The van der Waals surface area contributed by atoms with Crippen LogP contribution in [-0.4, -0.2) is 47.1 Å². The molecule has 0 radical (unpaired) electrons. The second-order valence-corrected chi connectivity index (χ2v) is 10.3. The van der Waals surface area contributed by atoms with E-state index in [-0.39, 0.29) is 29.4 Å². The van der Waals surface area contributed by atoms with Crippen LogP contribution in [0.1, 0.15) is 73.5 Å². The number of amides is 1.